The molecule has 192 valence electrons. The number of hydrogen-bond acceptors (Lipinski definition) is 2. The fourth-order valence-electron chi connectivity index (χ4n) is 3.97. The molecule has 0 aromatic rings. The standard InChI is InChI=1S/C32H52O2/c1-3-31(33)29-27-25-23-21-19-17-15-13-11-9-7-5-6-8-10-12-14-16-18-20-22-24-26-28-30-32(34)4-2/h1-2,5,7,27-34H,6,8-26H2. The van der Waals surface area contributed by atoms with Crippen LogP contribution in [0.5, 0.6) is 0 Å². The van der Waals surface area contributed by atoms with Gasteiger partial charge in [0.05, 0.1) is 0 Å². The summed E-state index contributed by atoms with van der Waals surface area (Å²) in [4.78, 5) is 0. The second-order valence-electron chi connectivity index (χ2n) is 9.36. The molecule has 0 bridgehead atoms. The predicted octanol–water partition coefficient (Wildman–Crippen LogP) is 8.45. The molecule has 0 aliphatic carbocycles. The van der Waals surface area contributed by atoms with Crippen molar-refractivity contribution in [2.75, 3.05) is 0 Å². The molecule has 0 aromatic heterocycles. The van der Waals surface area contributed by atoms with Gasteiger partial charge < -0.3 is 10.2 Å². The zero-order valence-electron chi connectivity index (χ0n) is 21.8. The van der Waals surface area contributed by atoms with E-state index in [0.29, 0.717) is 0 Å². The lowest BCUT2D eigenvalue weighted by Gasteiger charge is -2.02. The summed E-state index contributed by atoms with van der Waals surface area (Å²) in [6.45, 7) is 0. The lowest BCUT2D eigenvalue weighted by Crippen LogP contribution is -1.95. The number of rotatable bonds is 24. The Hall–Kier alpha value is -1.74. The highest BCUT2D eigenvalue weighted by atomic mass is 16.3. The molecule has 0 aliphatic heterocycles. The van der Waals surface area contributed by atoms with Crippen molar-refractivity contribution in [2.24, 2.45) is 0 Å². The van der Waals surface area contributed by atoms with Crippen LogP contribution in [0.1, 0.15) is 128 Å². The molecule has 2 N–H and O–H groups in total. The summed E-state index contributed by atoms with van der Waals surface area (Å²) < 4.78 is 0. The van der Waals surface area contributed by atoms with E-state index in [1.807, 2.05) is 12.2 Å². The van der Waals surface area contributed by atoms with Crippen LogP contribution in [-0.4, -0.2) is 22.4 Å². The van der Waals surface area contributed by atoms with Gasteiger partial charge in [-0.15, -0.1) is 12.8 Å². The lowest BCUT2D eigenvalue weighted by atomic mass is 10.0. The first kappa shape index (κ1) is 32.3. The zero-order chi connectivity index (χ0) is 25.0. The summed E-state index contributed by atoms with van der Waals surface area (Å²) in [7, 11) is 0. The van der Waals surface area contributed by atoms with Crippen LogP contribution in [0.4, 0.5) is 0 Å². The highest BCUT2D eigenvalue weighted by Gasteiger charge is 1.94. The Balaban J connectivity index is 3.20. The van der Waals surface area contributed by atoms with Crippen molar-refractivity contribution < 1.29 is 10.2 Å². The summed E-state index contributed by atoms with van der Waals surface area (Å²) >= 11 is 0. The van der Waals surface area contributed by atoms with Crippen molar-refractivity contribution >= 4 is 0 Å². The summed E-state index contributed by atoms with van der Waals surface area (Å²) in [5.41, 5.74) is 0. The third kappa shape index (κ3) is 26.5. The predicted molar refractivity (Wildman–Crippen MR) is 149 cm³/mol. The molecule has 0 rings (SSSR count). The Bertz CT molecular complexity index is 587. The van der Waals surface area contributed by atoms with Crippen molar-refractivity contribution in [2.45, 2.75) is 141 Å². The van der Waals surface area contributed by atoms with Crippen LogP contribution in [-0.2, 0) is 0 Å². The quantitative estimate of drug-likeness (QED) is 0.0847. The van der Waals surface area contributed by atoms with Crippen molar-refractivity contribution in [1.29, 1.82) is 0 Å². The van der Waals surface area contributed by atoms with E-state index in [0.717, 1.165) is 12.8 Å². The number of hydrogen-bond donors (Lipinski definition) is 2. The molecule has 0 aliphatic rings. The minimum atomic E-state index is -0.720. The molecular weight excluding hydrogens is 416 g/mol. The summed E-state index contributed by atoms with van der Waals surface area (Å²) in [6, 6.07) is 0. The van der Waals surface area contributed by atoms with Gasteiger partial charge in [-0.05, 0) is 63.5 Å². The number of aliphatic hydroxyl groups is 2. The average molecular weight is 469 g/mol. The smallest absolute Gasteiger partial charge is 0.133 e. The van der Waals surface area contributed by atoms with E-state index in [-0.39, 0.29) is 0 Å². The first-order chi connectivity index (χ1) is 16.7. The molecule has 0 radical (unpaired) electrons. The minimum Gasteiger partial charge on any atom is -0.377 e. The Morgan fingerprint density at radius 1 is 0.412 bits per heavy atom. The third-order valence-corrected chi connectivity index (χ3v) is 6.13. The van der Waals surface area contributed by atoms with Crippen LogP contribution >= 0.6 is 0 Å². The highest BCUT2D eigenvalue weighted by molar-refractivity contribution is 5.06. The normalized spacial score (nSPS) is 13.5. The molecule has 0 aromatic carbocycles. The summed E-state index contributed by atoms with van der Waals surface area (Å²) in [5.74, 6) is 4.58. The number of aliphatic hydroxyl groups excluding tert-OH is 2. The topological polar surface area (TPSA) is 40.5 Å². The van der Waals surface area contributed by atoms with Crippen LogP contribution in [0.3, 0.4) is 0 Å². The van der Waals surface area contributed by atoms with Crippen LogP contribution in [0.25, 0.3) is 0 Å². The highest BCUT2D eigenvalue weighted by Crippen LogP contribution is 2.13. The first-order valence-electron chi connectivity index (χ1n) is 14.0. The van der Waals surface area contributed by atoms with Crippen LogP contribution in [0, 0.1) is 24.7 Å². The van der Waals surface area contributed by atoms with Gasteiger partial charge in [0.2, 0.25) is 0 Å². The summed E-state index contributed by atoms with van der Waals surface area (Å²) in [6.07, 6.45) is 46.6. The molecular formula is C32H52O2. The SMILES string of the molecule is C#CC(O)C=CCCCCCCCCCC=CCCCCCCCCCCCC=CC(O)C#C. The van der Waals surface area contributed by atoms with E-state index in [4.69, 9.17) is 12.8 Å². The van der Waals surface area contributed by atoms with Gasteiger partial charge in [-0.3, -0.25) is 0 Å². The molecule has 0 saturated carbocycles. The molecule has 0 spiro atoms. The zero-order valence-corrected chi connectivity index (χ0v) is 21.8. The lowest BCUT2D eigenvalue weighted by molar-refractivity contribution is 0.280. The van der Waals surface area contributed by atoms with Crippen LogP contribution in [0.15, 0.2) is 36.5 Å². The van der Waals surface area contributed by atoms with E-state index >= 15 is 0 Å². The summed E-state index contributed by atoms with van der Waals surface area (Å²) in [5, 5.41) is 18.4. The van der Waals surface area contributed by atoms with Crippen molar-refractivity contribution in [3.8, 4) is 24.7 Å². The molecule has 34 heavy (non-hydrogen) atoms. The second-order valence-corrected chi connectivity index (χ2v) is 9.36. The van der Waals surface area contributed by atoms with E-state index in [2.05, 4.69) is 24.0 Å². The largest absolute Gasteiger partial charge is 0.377 e. The van der Waals surface area contributed by atoms with Gasteiger partial charge in [0.15, 0.2) is 0 Å². The van der Waals surface area contributed by atoms with Gasteiger partial charge >= 0.3 is 0 Å². The monoisotopic (exact) mass is 468 g/mol. The van der Waals surface area contributed by atoms with Crippen molar-refractivity contribution in [1.82, 2.24) is 0 Å². The van der Waals surface area contributed by atoms with Gasteiger partial charge in [-0.2, -0.15) is 0 Å². The Morgan fingerprint density at radius 2 is 0.647 bits per heavy atom. The third-order valence-electron chi connectivity index (χ3n) is 6.13. The van der Waals surface area contributed by atoms with Crippen LogP contribution in [0.2, 0.25) is 0 Å². The van der Waals surface area contributed by atoms with Crippen LogP contribution < -0.4 is 0 Å². The maximum absolute atomic E-state index is 9.22. The van der Waals surface area contributed by atoms with E-state index in [1.165, 1.54) is 116 Å². The Morgan fingerprint density at radius 3 is 0.912 bits per heavy atom. The molecule has 2 nitrogen and oxygen atoms in total. The van der Waals surface area contributed by atoms with Gasteiger partial charge in [0.25, 0.3) is 0 Å². The minimum absolute atomic E-state index is 0.719. The average Bonchev–Trinajstić information content (AvgIpc) is 2.85. The van der Waals surface area contributed by atoms with Gasteiger partial charge in [0, 0.05) is 0 Å². The van der Waals surface area contributed by atoms with E-state index in [1.54, 1.807) is 12.2 Å². The van der Waals surface area contributed by atoms with Gasteiger partial charge in [-0.1, -0.05) is 113 Å². The fourth-order valence-corrected chi connectivity index (χ4v) is 3.97. The maximum Gasteiger partial charge on any atom is 0.133 e. The number of allylic oxidation sites excluding steroid dienone is 4. The van der Waals surface area contributed by atoms with Crippen molar-refractivity contribution in [3.63, 3.8) is 0 Å². The number of terminal acetylenes is 2. The fraction of sp³-hybridized carbons (Fsp3) is 0.688. The molecule has 2 unspecified atom stereocenters. The molecule has 0 amide bonds. The van der Waals surface area contributed by atoms with Gasteiger partial charge in [0.1, 0.15) is 12.2 Å². The molecule has 0 heterocycles. The van der Waals surface area contributed by atoms with E-state index in [9.17, 15) is 10.2 Å². The second kappa shape index (κ2) is 27.5. The first-order valence-corrected chi connectivity index (χ1v) is 14.0. The number of unbranched alkanes of at least 4 members (excludes halogenated alkanes) is 18. The molecule has 0 saturated heterocycles. The molecule has 2 atom stereocenters. The Labute approximate surface area is 212 Å². The molecule has 0 fully saturated rings. The maximum atomic E-state index is 9.22. The van der Waals surface area contributed by atoms with E-state index < -0.39 is 12.2 Å². The van der Waals surface area contributed by atoms with Gasteiger partial charge in [-0.25, -0.2) is 0 Å². The molecule has 2 heteroatoms. The Kier molecular flexibility index (Phi) is 26.1. The van der Waals surface area contributed by atoms with Crippen molar-refractivity contribution in [3.05, 3.63) is 36.5 Å².